The molecular weight excluding hydrogens is 206 g/mol. The molecule has 0 aliphatic heterocycles. The van der Waals surface area contributed by atoms with Gasteiger partial charge in [-0.3, -0.25) is 0 Å². The fourth-order valence-corrected chi connectivity index (χ4v) is 1.51. The van der Waals surface area contributed by atoms with Crippen molar-refractivity contribution in [1.29, 1.82) is 0 Å². The maximum absolute atomic E-state index is 6.03. The van der Waals surface area contributed by atoms with Crippen LogP contribution in [-0.4, -0.2) is 11.9 Å². The first kappa shape index (κ1) is 12.5. The quantitative estimate of drug-likeness (QED) is 0.577. The van der Waals surface area contributed by atoms with Crippen molar-refractivity contribution in [3.63, 3.8) is 0 Å². The molecule has 0 saturated heterocycles. The second kappa shape index (κ2) is 6.86. The van der Waals surface area contributed by atoms with Gasteiger partial charge in [-0.15, -0.1) is 11.6 Å². The topological polar surface area (TPSA) is 12.0 Å². The summed E-state index contributed by atoms with van der Waals surface area (Å²) in [6.45, 7) is 6.16. The number of hydrogen-bond acceptors (Lipinski definition) is 1. The minimum Gasteiger partial charge on any atom is -0.313 e. The molecule has 1 nitrogen and oxygen atoms in total. The first-order valence-corrected chi connectivity index (χ1v) is 6.06. The first-order chi connectivity index (χ1) is 7.22. The Bertz CT molecular complexity index is 268. The van der Waals surface area contributed by atoms with E-state index in [0.29, 0.717) is 5.38 Å². The number of benzene rings is 1. The second-order valence-corrected chi connectivity index (χ2v) is 4.57. The number of halogens is 1. The van der Waals surface area contributed by atoms with E-state index in [1.807, 2.05) is 0 Å². The molecule has 0 saturated carbocycles. The van der Waals surface area contributed by atoms with Crippen molar-refractivity contribution in [2.24, 2.45) is 0 Å². The molecule has 1 unspecified atom stereocenters. The smallest absolute Gasteiger partial charge is 0.0345 e. The maximum atomic E-state index is 6.03. The summed E-state index contributed by atoms with van der Waals surface area (Å²) in [5.74, 6) is 0. The van der Waals surface area contributed by atoms with E-state index in [1.54, 1.807) is 0 Å². The highest BCUT2D eigenvalue weighted by atomic mass is 35.5. The number of hydrogen-bond donors (Lipinski definition) is 1. The number of rotatable bonds is 6. The average Bonchev–Trinajstić information content (AvgIpc) is 2.26. The SMILES string of the molecule is CCC(Cl)CCNCc1ccc(C)cc1. The lowest BCUT2D eigenvalue weighted by Gasteiger charge is -2.08. The molecular formula is C13H20ClN. The standard InChI is InChI=1S/C13H20ClN/c1-3-13(14)8-9-15-10-12-6-4-11(2)5-7-12/h4-7,13,15H,3,8-10H2,1-2H3. The molecule has 0 aliphatic rings. The van der Waals surface area contributed by atoms with Gasteiger partial charge in [-0.2, -0.15) is 0 Å². The molecule has 0 radical (unpaired) electrons. The zero-order chi connectivity index (χ0) is 11.1. The van der Waals surface area contributed by atoms with Gasteiger partial charge in [0.1, 0.15) is 0 Å². The van der Waals surface area contributed by atoms with Gasteiger partial charge in [-0.25, -0.2) is 0 Å². The molecule has 1 aromatic carbocycles. The van der Waals surface area contributed by atoms with E-state index in [-0.39, 0.29) is 0 Å². The molecule has 15 heavy (non-hydrogen) atoms. The Hall–Kier alpha value is -0.530. The van der Waals surface area contributed by atoms with Crippen LogP contribution < -0.4 is 5.32 Å². The Morgan fingerprint density at radius 2 is 1.93 bits per heavy atom. The van der Waals surface area contributed by atoms with Crippen molar-refractivity contribution in [2.45, 2.75) is 38.6 Å². The molecule has 2 heteroatoms. The molecule has 84 valence electrons. The predicted octanol–water partition coefficient (Wildman–Crippen LogP) is 3.49. The van der Waals surface area contributed by atoms with Gasteiger partial charge in [-0.05, 0) is 31.9 Å². The van der Waals surface area contributed by atoms with Crippen molar-refractivity contribution in [2.75, 3.05) is 6.54 Å². The molecule has 1 N–H and O–H groups in total. The first-order valence-electron chi connectivity index (χ1n) is 5.62. The maximum Gasteiger partial charge on any atom is 0.0345 e. The molecule has 0 spiro atoms. The normalized spacial score (nSPS) is 12.7. The highest BCUT2D eigenvalue weighted by molar-refractivity contribution is 6.20. The van der Waals surface area contributed by atoms with Crippen LogP contribution in [0.5, 0.6) is 0 Å². The van der Waals surface area contributed by atoms with E-state index < -0.39 is 0 Å². The van der Waals surface area contributed by atoms with Crippen molar-refractivity contribution in [1.82, 2.24) is 5.32 Å². The fraction of sp³-hybridized carbons (Fsp3) is 0.538. The Kier molecular flexibility index (Phi) is 5.74. The zero-order valence-corrected chi connectivity index (χ0v) is 10.3. The third-order valence-corrected chi connectivity index (χ3v) is 3.05. The predicted molar refractivity (Wildman–Crippen MR) is 67.4 cm³/mol. The number of nitrogens with one attached hydrogen (secondary N) is 1. The summed E-state index contributed by atoms with van der Waals surface area (Å²) in [4.78, 5) is 0. The van der Waals surface area contributed by atoms with Crippen LogP contribution in [0.25, 0.3) is 0 Å². The van der Waals surface area contributed by atoms with Gasteiger partial charge in [0.05, 0.1) is 0 Å². The molecule has 1 rings (SSSR count). The third kappa shape index (κ3) is 5.19. The Morgan fingerprint density at radius 1 is 1.27 bits per heavy atom. The monoisotopic (exact) mass is 225 g/mol. The molecule has 0 fully saturated rings. The summed E-state index contributed by atoms with van der Waals surface area (Å²) in [7, 11) is 0. The van der Waals surface area contributed by atoms with Crippen molar-refractivity contribution in [3.05, 3.63) is 35.4 Å². The Balaban J connectivity index is 2.17. The van der Waals surface area contributed by atoms with Gasteiger partial charge in [0, 0.05) is 11.9 Å². The largest absolute Gasteiger partial charge is 0.313 e. The summed E-state index contributed by atoms with van der Waals surface area (Å²) in [5.41, 5.74) is 2.65. The molecule has 0 aromatic heterocycles. The Labute approximate surface area is 97.8 Å². The van der Waals surface area contributed by atoms with E-state index in [2.05, 4.69) is 43.4 Å². The fourth-order valence-electron chi connectivity index (χ4n) is 1.40. The van der Waals surface area contributed by atoms with Crippen LogP contribution in [0, 0.1) is 6.92 Å². The third-order valence-electron chi connectivity index (χ3n) is 2.53. The van der Waals surface area contributed by atoms with Gasteiger partial charge < -0.3 is 5.32 Å². The minimum atomic E-state index is 0.315. The van der Waals surface area contributed by atoms with Crippen molar-refractivity contribution < 1.29 is 0 Å². The van der Waals surface area contributed by atoms with Crippen LogP contribution in [-0.2, 0) is 6.54 Å². The van der Waals surface area contributed by atoms with Gasteiger partial charge in [0.25, 0.3) is 0 Å². The van der Waals surface area contributed by atoms with Gasteiger partial charge in [0.2, 0.25) is 0 Å². The van der Waals surface area contributed by atoms with Crippen molar-refractivity contribution >= 4 is 11.6 Å². The van der Waals surface area contributed by atoms with Gasteiger partial charge >= 0.3 is 0 Å². The highest BCUT2D eigenvalue weighted by Gasteiger charge is 1.99. The summed E-state index contributed by atoms with van der Waals surface area (Å²) >= 11 is 6.03. The van der Waals surface area contributed by atoms with Gasteiger partial charge in [-0.1, -0.05) is 36.8 Å². The van der Waals surface area contributed by atoms with Gasteiger partial charge in [0.15, 0.2) is 0 Å². The van der Waals surface area contributed by atoms with Crippen LogP contribution in [0.3, 0.4) is 0 Å². The summed E-state index contributed by atoms with van der Waals surface area (Å²) in [6.07, 6.45) is 2.09. The minimum absolute atomic E-state index is 0.315. The van der Waals surface area contributed by atoms with Crippen LogP contribution in [0.2, 0.25) is 0 Å². The van der Waals surface area contributed by atoms with Crippen molar-refractivity contribution in [3.8, 4) is 0 Å². The van der Waals surface area contributed by atoms with E-state index >= 15 is 0 Å². The lowest BCUT2D eigenvalue weighted by Crippen LogP contribution is -2.17. The summed E-state index contributed by atoms with van der Waals surface area (Å²) in [6, 6.07) is 8.63. The number of aryl methyl sites for hydroxylation is 1. The molecule has 0 aliphatic carbocycles. The molecule has 0 bridgehead atoms. The van der Waals surface area contributed by atoms with Crippen LogP contribution in [0.15, 0.2) is 24.3 Å². The molecule has 0 heterocycles. The highest BCUT2D eigenvalue weighted by Crippen LogP contribution is 2.06. The van der Waals surface area contributed by atoms with E-state index in [1.165, 1.54) is 11.1 Å². The second-order valence-electron chi connectivity index (χ2n) is 3.96. The van der Waals surface area contributed by atoms with Crippen LogP contribution >= 0.6 is 11.6 Å². The lowest BCUT2D eigenvalue weighted by molar-refractivity contribution is 0.621. The van der Waals surface area contributed by atoms with Crippen LogP contribution in [0.1, 0.15) is 30.9 Å². The van der Waals surface area contributed by atoms with Crippen LogP contribution in [0.4, 0.5) is 0 Å². The molecule has 1 aromatic rings. The molecule has 1 atom stereocenters. The number of alkyl halides is 1. The Morgan fingerprint density at radius 3 is 2.53 bits per heavy atom. The molecule has 0 amide bonds. The van der Waals surface area contributed by atoms with E-state index in [0.717, 1.165) is 25.9 Å². The summed E-state index contributed by atoms with van der Waals surface area (Å²) < 4.78 is 0. The van der Waals surface area contributed by atoms with E-state index in [9.17, 15) is 0 Å². The summed E-state index contributed by atoms with van der Waals surface area (Å²) in [5, 5.41) is 3.72. The zero-order valence-electron chi connectivity index (χ0n) is 9.59. The van der Waals surface area contributed by atoms with E-state index in [4.69, 9.17) is 11.6 Å². The average molecular weight is 226 g/mol. The lowest BCUT2D eigenvalue weighted by atomic mass is 10.1.